The molecule has 0 saturated carbocycles. The molecule has 1 aromatic heterocycles. The zero-order chi connectivity index (χ0) is 12.5. The normalized spacial score (nSPS) is 26.2. The molecule has 1 aromatic rings. The molecule has 0 amide bonds. The smallest absolute Gasteiger partial charge is 0.154 e. The van der Waals surface area contributed by atoms with Gasteiger partial charge in [-0.25, -0.2) is 9.67 Å². The van der Waals surface area contributed by atoms with Gasteiger partial charge in [0.15, 0.2) is 5.82 Å². The van der Waals surface area contributed by atoms with Crippen LogP contribution in [-0.4, -0.2) is 39.3 Å². The van der Waals surface area contributed by atoms with Crippen molar-refractivity contribution < 1.29 is 0 Å². The highest BCUT2D eigenvalue weighted by atomic mass is 15.4. The lowest BCUT2D eigenvalue weighted by atomic mass is 9.96. The fourth-order valence-corrected chi connectivity index (χ4v) is 3.26. The molecule has 2 aliphatic heterocycles. The molecule has 1 atom stereocenters. The highest BCUT2D eigenvalue weighted by molar-refractivity contribution is 5.06. The number of hydrogen-bond donors (Lipinski definition) is 0. The van der Waals surface area contributed by atoms with E-state index in [1.54, 1.807) is 0 Å². The first-order chi connectivity index (χ1) is 8.78. The molecule has 0 aromatic carbocycles. The Morgan fingerprint density at radius 3 is 2.61 bits per heavy atom. The Balaban J connectivity index is 1.74. The minimum Gasteiger partial charge on any atom is -0.304 e. The summed E-state index contributed by atoms with van der Waals surface area (Å²) in [4.78, 5) is 7.36. The van der Waals surface area contributed by atoms with Gasteiger partial charge in [0.25, 0.3) is 0 Å². The minimum atomic E-state index is 0.593. The molecule has 0 N–H and O–H groups in total. The summed E-state index contributed by atoms with van der Waals surface area (Å²) in [6, 6.07) is 0. The molecule has 1 unspecified atom stereocenters. The van der Waals surface area contributed by atoms with Crippen LogP contribution in [0.3, 0.4) is 0 Å². The lowest BCUT2D eigenvalue weighted by Gasteiger charge is -2.29. The highest BCUT2D eigenvalue weighted by Gasteiger charge is 2.26. The highest BCUT2D eigenvalue weighted by Crippen LogP contribution is 2.30. The van der Waals surface area contributed by atoms with Crippen molar-refractivity contribution in [2.24, 2.45) is 0 Å². The molecule has 1 fully saturated rings. The average molecular weight is 248 g/mol. The first-order valence-electron chi connectivity index (χ1n) is 7.45. The Kier molecular flexibility index (Phi) is 3.37. The summed E-state index contributed by atoms with van der Waals surface area (Å²) in [6.07, 6.45) is 4.98. The summed E-state index contributed by atoms with van der Waals surface area (Å²) in [6.45, 7) is 9.19. The van der Waals surface area contributed by atoms with Gasteiger partial charge in [0, 0.05) is 18.4 Å². The largest absolute Gasteiger partial charge is 0.304 e. The summed E-state index contributed by atoms with van der Waals surface area (Å²) in [5.41, 5.74) is 0. The molecule has 0 aliphatic carbocycles. The van der Waals surface area contributed by atoms with Crippen LogP contribution in [0.5, 0.6) is 0 Å². The van der Waals surface area contributed by atoms with Gasteiger partial charge >= 0.3 is 0 Å². The molecule has 2 aliphatic rings. The van der Waals surface area contributed by atoms with E-state index in [1.165, 1.54) is 51.1 Å². The standard InChI is InChI=1S/C14H24N4/c1-3-17-9-6-12(7-10-17)13-15-14-11(2)5-4-8-18(14)16-13/h11-12H,3-10H2,1-2H3. The zero-order valence-electron chi connectivity index (χ0n) is 11.6. The Morgan fingerprint density at radius 2 is 1.94 bits per heavy atom. The van der Waals surface area contributed by atoms with Gasteiger partial charge in [-0.15, -0.1) is 0 Å². The number of aryl methyl sites for hydroxylation is 1. The Labute approximate surface area is 109 Å². The summed E-state index contributed by atoms with van der Waals surface area (Å²) in [7, 11) is 0. The number of hydrogen-bond acceptors (Lipinski definition) is 3. The molecule has 100 valence electrons. The van der Waals surface area contributed by atoms with Crippen molar-refractivity contribution in [3.63, 3.8) is 0 Å². The van der Waals surface area contributed by atoms with E-state index in [4.69, 9.17) is 10.1 Å². The number of piperidine rings is 1. The van der Waals surface area contributed by atoms with E-state index < -0.39 is 0 Å². The van der Waals surface area contributed by atoms with Crippen molar-refractivity contribution in [3.05, 3.63) is 11.6 Å². The molecule has 18 heavy (non-hydrogen) atoms. The van der Waals surface area contributed by atoms with Gasteiger partial charge in [-0.1, -0.05) is 13.8 Å². The third kappa shape index (κ3) is 2.18. The Bertz CT molecular complexity index is 404. The number of likely N-dealkylation sites (tertiary alicyclic amines) is 1. The van der Waals surface area contributed by atoms with Crippen molar-refractivity contribution in [3.8, 4) is 0 Å². The first-order valence-corrected chi connectivity index (χ1v) is 7.45. The van der Waals surface area contributed by atoms with E-state index in [9.17, 15) is 0 Å². The van der Waals surface area contributed by atoms with Crippen LogP contribution in [0.2, 0.25) is 0 Å². The number of fused-ring (bicyclic) bond motifs is 1. The number of aromatic nitrogens is 3. The van der Waals surface area contributed by atoms with Crippen molar-refractivity contribution in [2.45, 2.75) is 57.9 Å². The molecule has 0 spiro atoms. The molecule has 0 radical (unpaired) electrons. The number of rotatable bonds is 2. The summed E-state index contributed by atoms with van der Waals surface area (Å²) in [5, 5.41) is 4.76. The van der Waals surface area contributed by atoms with Gasteiger partial charge < -0.3 is 4.90 Å². The quantitative estimate of drug-likeness (QED) is 0.806. The van der Waals surface area contributed by atoms with Crippen LogP contribution in [0.4, 0.5) is 0 Å². The van der Waals surface area contributed by atoms with Gasteiger partial charge in [-0.05, 0) is 45.3 Å². The fourth-order valence-electron chi connectivity index (χ4n) is 3.26. The molecule has 3 rings (SSSR count). The van der Waals surface area contributed by atoms with Crippen LogP contribution in [0.15, 0.2) is 0 Å². The fraction of sp³-hybridized carbons (Fsp3) is 0.857. The second kappa shape index (κ2) is 5.00. The van der Waals surface area contributed by atoms with Gasteiger partial charge in [0.2, 0.25) is 0 Å². The third-order valence-corrected chi connectivity index (χ3v) is 4.56. The first kappa shape index (κ1) is 12.2. The van der Waals surface area contributed by atoms with Crippen molar-refractivity contribution >= 4 is 0 Å². The second-order valence-electron chi connectivity index (χ2n) is 5.80. The lowest BCUT2D eigenvalue weighted by Crippen LogP contribution is -2.32. The van der Waals surface area contributed by atoms with Gasteiger partial charge in [-0.3, -0.25) is 0 Å². The van der Waals surface area contributed by atoms with E-state index in [-0.39, 0.29) is 0 Å². The molecule has 0 bridgehead atoms. The second-order valence-corrected chi connectivity index (χ2v) is 5.80. The van der Waals surface area contributed by atoms with Crippen molar-refractivity contribution in [1.82, 2.24) is 19.7 Å². The third-order valence-electron chi connectivity index (χ3n) is 4.56. The molecule has 3 heterocycles. The molecular weight excluding hydrogens is 224 g/mol. The lowest BCUT2D eigenvalue weighted by molar-refractivity contribution is 0.219. The van der Waals surface area contributed by atoms with Gasteiger partial charge in [0.1, 0.15) is 5.82 Å². The average Bonchev–Trinajstić information content (AvgIpc) is 2.84. The maximum absolute atomic E-state index is 4.84. The minimum absolute atomic E-state index is 0.593. The van der Waals surface area contributed by atoms with Crippen molar-refractivity contribution in [2.75, 3.05) is 19.6 Å². The molecule has 4 heteroatoms. The monoisotopic (exact) mass is 248 g/mol. The van der Waals surface area contributed by atoms with E-state index in [0.717, 1.165) is 12.4 Å². The van der Waals surface area contributed by atoms with E-state index in [1.807, 2.05) is 0 Å². The Hall–Kier alpha value is -0.900. The predicted octanol–water partition coefficient (Wildman–Crippen LogP) is 2.37. The van der Waals surface area contributed by atoms with Crippen LogP contribution in [0, 0.1) is 0 Å². The molecule has 4 nitrogen and oxygen atoms in total. The maximum atomic E-state index is 4.84. The topological polar surface area (TPSA) is 34.0 Å². The SMILES string of the molecule is CCN1CCC(c2nc3n(n2)CCCC3C)CC1. The van der Waals surface area contributed by atoms with Crippen LogP contribution < -0.4 is 0 Å². The van der Waals surface area contributed by atoms with E-state index >= 15 is 0 Å². The van der Waals surface area contributed by atoms with E-state index in [2.05, 4.69) is 23.4 Å². The Morgan fingerprint density at radius 1 is 1.17 bits per heavy atom. The van der Waals surface area contributed by atoms with Crippen molar-refractivity contribution in [1.29, 1.82) is 0 Å². The summed E-state index contributed by atoms with van der Waals surface area (Å²) in [5.74, 6) is 3.54. The number of nitrogens with zero attached hydrogens (tertiary/aromatic N) is 4. The summed E-state index contributed by atoms with van der Waals surface area (Å²) < 4.78 is 2.16. The zero-order valence-corrected chi connectivity index (χ0v) is 11.6. The maximum Gasteiger partial charge on any atom is 0.154 e. The summed E-state index contributed by atoms with van der Waals surface area (Å²) >= 11 is 0. The predicted molar refractivity (Wildman–Crippen MR) is 71.8 cm³/mol. The molecular formula is C14H24N4. The molecule has 1 saturated heterocycles. The van der Waals surface area contributed by atoms with E-state index in [0.29, 0.717) is 11.8 Å². The van der Waals surface area contributed by atoms with Gasteiger partial charge in [-0.2, -0.15) is 5.10 Å². The van der Waals surface area contributed by atoms with Gasteiger partial charge in [0.05, 0.1) is 0 Å². The van der Waals surface area contributed by atoms with Crippen LogP contribution in [0.1, 0.15) is 63.0 Å². The van der Waals surface area contributed by atoms with Crippen LogP contribution >= 0.6 is 0 Å². The van der Waals surface area contributed by atoms with Crippen LogP contribution in [-0.2, 0) is 6.54 Å². The van der Waals surface area contributed by atoms with Crippen LogP contribution in [0.25, 0.3) is 0 Å².